The van der Waals surface area contributed by atoms with E-state index in [1.165, 1.54) is 5.56 Å². The third-order valence-corrected chi connectivity index (χ3v) is 6.14. The molecule has 0 spiro atoms. The second-order valence-electron chi connectivity index (χ2n) is 7.22. The second-order valence-corrected chi connectivity index (χ2v) is 9.79. The maximum atomic E-state index is 12.4. The summed E-state index contributed by atoms with van der Waals surface area (Å²) < 4.78 is 27.5. The van der Waals surface area contributed by atoms with Crippen molar-refractivity contribution < 1.29 is 8.42 Å². The van der Waals surface area contributed by atoms with Crippen LogP contribution < -0.4 is 4.72 Å². The van der Waals surface area contributed by atoms with Crippen molar-refractivity contribution in [3.63, 3.8) is 0 Å². The number of sulfonamides is 1. The summed E-state index contributed by atoms with van der Waals surface area (Å²) in [4.78, 5) is 0. The molecule has 2 aromatic carbocycles. The first-order valence-electron chi connectivity index (χ1n) is 8.02. The standard InChI is InChI=1S/C19H23Cl2NO2S/c1-13(15-6-8-16(9-7-15)19(2,3)4)22-25(23,24)12-14-5-10-17(20)18(21)11-14/h5-11,13,22H,12H2,1-4H3/t13-/m0/s1. The SMILES string of the molecule is C[C@H](NS(=O)(=O)Cc1ccc(Cl)c(Cl)c1)c1ccc(C(C)(C)C)cc1. The third-order valence-electron chi connectivity index (χ3n) is 3.97. The Kier molecular flexibility index (Phi) is 6.21. The number of halogens is 2. The van der Waals surface area contributed by atoms with Crippen molar-refractivity contribution in [3.8, 4) is 0 Å². The lowest BCUT2D eigenvalue weighted by Gasteiger charge is -2.20. The first-order valence-corrected chi connectivity index (χ1v) is 10.4. The molecular weight excluding hydrogens is 377 g/mol. The van der Waals surface area contributed by atoms with Crippen LogP contribution >= 0.6 is 23.2 Å². The van der Waals surface area contributed by atoms with Gasteiger partial charge in [-0.1, -0.05) is 74.3 Å². The van der Waals surface area contributed by atoms with Crippen LogP contribution in [0.1, 0.15) is 50.4 Å². The molecule has 0 aliphatic heterocycles. The Bertz CT molecular complexity index is 841. The Morgan fingerprint density at radius 3 is 2.12 bits per heavy atom. The molecule has 2 aromatic rings. The first kappa shape index (κ1) is 20.2. The van der Waals surface area contributed by atoms with Gasteiger partial charge in [0.05, 0.1) is 15.8 Å². The summed E-state index contributed by atoms with van der Waals surface area (Å²) >= 11 is 11.8. The van der Waals surface area contributed by atoms with E-state index in [9.17, 15) is 8.42 Å². The van der Waals surface area contributed by atoms with Crippen LogP contribution in [0.5, 0.6) is 0 Å². The Hall–Kier alpha value is -1.07. The van der Waals surface area contributed by atoms with Crippen LogP contribution in [-0.2, 0) is 21.2 Å². The van der Waals surface area contributed by atoms with Gasteiger partial charge in [0.1, 0.15) is 0 Å². The zero-order valence-electron chi connectivity index (χ0n) is 14.8. The van der Waals surface area contributed by atoms with Gasteiger partial charge in [-0.2, -0.15) is 0 Å². The molecule has 1 N–H and O–H groups in total. The molecule has 0 radical (unpaired) electrons. The zero-order valence-corrected chi connectivity index (χ0v) is 17.1. The highest BCUT2D eigenvalue weighted by Crippen LogP contribution is 2.25. The number of hydrogen-bond donors (Lipinski definition) is 1. The molecule has 1 atom stereocenters. The minimum Gasteiger partial charge on any atom is -0.212 e. The van der Waals surface area contributed by atoms with Crippen LogP contribution in [0.4, 0.5) is 0 Å². The number of rotatable bonds is 5. The number of benzene rings is 2. The van der Waals surface area contributed by atoms with Crippen molar-refractivity contribution in [1.82, 2.24) is 4.72 Å². The van der Waals surface area contributed by atoms with E-state index in [0.717, 1.165) is 5.56 Å². The Morgan fingerprint density at radius 2 is 1.60 bits per heavy atom. The van der Waals surface area contributed by atoms with Gasteiger partial charge in [-0.3, -0.25) is 0 Å². The maximum absolute atomic E-state index is 12.4. The summed E-state index contributed by atoms with van der Waals surface area (Å²) in [5, 5.41) is 0.753. The van der Waals surface area contributed by atoms with E-state index in [1.54, 1.807) is 18.2 Å². The van der Waals surface area contributed by atoms with Crippen LogP contribution in [0, 0.1) is 0 Å². The Balaban J connectivity index is 2.10. The van der Waals surface area contributed by atoms with Crippen LogP contribution in [0.25, 0.3) is 0 Å². The van der Waals surface area contributed by atoms with E-state index in [4.69, 9.17) is 23.2 Å². The van der Waals surface area contributed by atoms with Crippen molar-refractivity contribution in [1.29, 1.82) is 0 Å². The maximum Gasteiger partial charge on any atom is 0.216 e. The smallest absolute Gasteiger partial charge is 0.212 e. The minimum atomic E-state index is -3.50. The second kappa shape index (κ2) is 7.67. The summed E-state index contributed by atoms with van der Waals surface area (Å²) in [6.07, 6.45) is 0. The topological polar surface area (TPSA) is 46.2 Å². The van der Waals surface area contributed by atoms with Gasteiger partial charge in [0.15, 0.2) is 0 Å². The van der Waals surface area contributed by atoms with Crippen LogP contribution in [0.2, 0.25) is 10.0 Å². The van der Waals surface area contributed by atoms with Crippen molar-refractivity contribution >= 4 is 33.2 Å². The van der Waals surface area contributed by atoms with E-state index in [2.05, 4.69) is 25.5 Å². The fourth-order valence-electron chi connectivity index (χ4n) is 2.50. The van der Waals surface area contributed by atoms with E-state index in [1.807, 2.05) is 31.2 Å². The lowest BCUT2D eigenvalue weighted by Crippen LogP contribution is -2.28. The van der Waals surface area contributed by atoms with E-state index < -0.39 is 10.0 Å². The highest BCUT2D eigenvalue weighted by atomic mass is 35.5. The molecule has 0 amide bonds. The molecule has 0 fully saturated rings. The fourth-order valence-corrected chi connectivity index (χ4v) is 4.20. The van der Waals surface area contributed by atoms with Crippen molar-refractivity contribution in [2.75, 3.05) is 0 Å². The van der Waals surface area contributed by atoms with Gasteiger partial charge in [0.2, 0.25) is 10.0 Å². The predicted octanol–water partition coefficient (Wildman–Crippen LogP) is 5.47. The summed E-state index contributed by atoms with van der Waals surface area (Å²) in [6, 6.07) is 12.5. The predicted molar refractivity (Wildman–Crippen MR) is 106 cm³/mol. The molecule has 2 rings (SSSR count). The van der Waals surface area contributed by atoms with Gasteiger partial charge in [0.25, 0.3) is 0 Å². The average molecular weight is 400 g/mol. The highest BCUT2D eigenvalue weighted by molar-refractivity contribution is 7.88. The molecule has 0 bridgehead atoms. The monoisotopic (exact) mass is 399 g/mol. The molecular formula is C19H23Cl2NO2S. The summed E-state index contributed by atoms with van der Waals surface area (Å²) in [7, 11) is -3.50. The van der Waals surface area contributed by atoms with E-state index in [0.29, 0.717) is 15.6 Å². The van der Waals surface area contributed by atoms with Crippen LogP contribution in [0.15, 0.2) is 42.5 Å². The average Bonchev–Trinajstić information content (AvgIpc) is 2.49. The van der Waals surface area contributed by atoms with E-state index >= 15 is 0 Å². The van der Waals surface area contributed by atoms with Gasteiger partial charge in [0, 0.05) is 6.04 Å². The van der Waals surface area contributed by atoms with Gasteiger partial charge >= 0.3 is 0 Å². The zero-order chi connectivity index (χ0) is 18.8. The van der Waals surface area contributed by atoms with Gasteiger partial charge in [-0.15, -0.1) is 0 Å². The molecule has 136 valence electrons. The molecule has 6 heteroatoms. The van der Waals surface area contributed by atoms with Gasteiger partial charge in [-0.25, -0.2) is 13.1 Å². The lowest BCUT2D eigenvalue weighted by molar-refractivity contribution is 0.565. The molecule has 0 heterocycles. The summed E-state index contributed by atoms with van der Waals surface area (Å²) in [5.41, 5.74) is 2.79. The summed E-state index contributed by atoms with van der Waals surface area (Å²) in [6.45, 7) is 8.26. The van der Waals surface area contributed by atoms with Crippen molar-refractivity contribution in [3.05, 3.63) is 69.2 Å². The molecule has 0 aliphatic rings. The van der Waals surface area contributed by atoms with Crippen LogP contribution in [-0.4, -0.2) is 8.42 Å². The molecule has 25 heavy (non-hydrogen) atoms. The Morgan fingerprint density at radius 1 is 1.00 bits per heavy atom. The van der Waals surface area contributed by atoms with Crippen LogP contribution in [0.3, 0.4) is 0 Å². The molecule has 0 saturated heterocycles. The molecule has 0 unspecified atom stereocenters. The quantitative estimate of drug-likeness (QED) is 0.723. The summed E-state index contributed by atoms with van der Waals surface area (Å²) in [5.74, 6) is -0.145. The third kappa shape index (κ3) is 5.71. The normalized spacial score (nSPS) is 13.7. The van der Waals surface area contributed by atoms with Crippen molar-refractivity contribution in [2.24, 2.45) is 0 Å². The molecule has 0 aromatic heterocycles. The first-order chi connectivity index (χ1) is 11.5. The molecule has 0 saturated carbocycles. The minimum absolute atomic E-state index is 0.0646. The van der Waals surface area contributed by atoms with E-state index in [-0.39, 0.29) is 17.2 Å². The molecule has 3 nitrogen and oxygen atoms in total. The molecule has 0 aliphatic carbocycles. The number of hydrogen-bond acceptors (Lipinski definition) is 2. The lowest BCUT2D eigenvalue weighted by atomic mass is 9.86. The van der Waals surface area contributed by atoms with Gasteiger partial charge in [-0.05, 0) is 41.2 Å². The largest absolute Gasteiger partial charge is 0.216 e. The van der Waals surface area contributed by atoms with Gasteiger partial charge < -0.3 is 0 Å². The highest BCUT2D eigenvalue weighted by Gasteiger charge is 2.18. The van der Waals surface area contributed by atoms with Crippen molar-refractivity contribution in [2.45, 2.75) is 44.9 Å². The fraction of sp³-hybridized carbons (Fsp3) is 0.368. The Labute approximate surface area is 160 Å². The number of nitrogens with one attached hydrogen (secondary N) is 1.